The molecule has 0 unspecified atom stereocenters. The van der Waals surface area contributed by atoms with Crippen molar-refractivity contribution in [1.82, 2.24) is 10.6 Å². The second-order valence-electron chi connectivity index (χ2n) is 19.3. The Kier molecular flexibility index (Phi) is 28.7. The zero-order chi connectivity index (χ0) is 46.6. The first-order valence-corrected chi connectivity index (χ1v) is 27.2. The summed E-state index contributed by atoms with van der Waals surface area (Å²) in [5.41, 5.74) is 3.87. The zero-order valence-electron chi connectivity index (χ0n) is 41.9. The number of ether oxygens (including phenoxy) is 2. The van der Waals surface area contributed by atoms with E-state index in [0.717, 1.165) is 127 Å². The van der Waals surface area contributed by atoms with E-state index in [9.17, 15) is 9.59 Å². The lowest BCUT2D eigenvalue weighted by Gasteiger charge is -2.37. The molecule has 0 atom stereocenters. The maximum absolute atomic E-state index is 13.3. The zero-order valence-corrected chi connectivity index (χ0v) is 41.9. The molecule has 6 nitrogen and oxygen atoms in total. The first kappa shape index (κ1) is 54.9. The molecule has 2 saturated heterocycles. The van der Waals surface area contributed by atoms with Crippen LogP contribution in [-0.4, -0.2) is 38.1 Å². The Morgan fingerprint density at radius 2 is 0.879 bits per heavy atom. The summed E-state index contributed by atoms with van der Waals surface area (Å²) in [6.07, 6.45) is 48.5. The van der Waals surface area contributed by atoms with E-state index in [-0.39, 0.29) is 11.9 Å². The van der Waals surface area contributed by atoms with Crippen molar-refractivity contribution in [2.45, 2.75) is 218 Å². The molecule has 2 aromatic rings. The Labute approximate surface area is 403 Å². The third kappa shape index (κ3) is 21.9. The molecule has 0 aromatic heterocycles. The summed E-state index contributed by atoms with van der Waals surface area (Å²) < 4.78 is 12.7. The monoisotopic (exact) mass is 905 g/mol. The summed E-state index contributed by atoms with van der Waals surface area (Å²) in [4.78, 5) is 26.4. The van der Waals surface area contributed by atoms with Crippen molar-refractivity contribution in [1.29, 1.82) is 0 Å². The van der Waals surface area contributed by atoms with E-state index in [0.29, 0.717) is 12.8 Å². The van der Waals surface area contributed by atoms with Crippen molar-refractivity contribution < 1.29 is 19.1 Å². The quantitative estimate of drug-likeness (QED) is 0.0408. The summed E-state index contributed by atoms with van der Waals surface area (Å²) in [5, 5.41) is 6.91. The number of piperidine rings is 2. The largest absolute Gasteiger partial charge is 0.454 e. The molecule has 2 aliphatic rings. The second kappa shape index (κ2) is 34.5. The number of hydrogen-bond donors (Lipinski definition) is 2. The van der Waals surface area contributed by atoms with E-state index in [4.69, 9.17) is 9.47 Å². The SMILES string of the molecule is CCCCC/C=C/C/C=C\CCCCCCCCC(=O)OC1(c2ccc(/C(=C/C/C=C/CCCCC)CCCCCCCCC(=O)OC3(c4ccccc4)CCNCC3)cc2)CCNCC1. The predicted molar refractivity (Wildman–Crippen MR) is 279 cm³/mol. The van der Waals surface area contributed by atoms with E-state index < -0.39 is 11.2 Å². The minimum absolute atomic E-state index is 0.0505. The summed E-state index contributed by atoms with van der Waals surface area (Å²) in [6.45, 7) is 7.96. The van der Waals surface area contributed by atoms with Gasteiger partial charge in [-0.05, 0) is 125 Å². The van der Waals surface area contributed by atoms with Crippen molar-refractivity contribution >= 4 is 17.5 Å². The summed E-state index contributed by atoms with van der Waals surface area (Å²) >= 11 is 0. The third-order valence-corrected chi connectivity index (χ3v) is 13.8. The molecule has 0 saturated carbocycles. The molecule has 0 radical (unpaired) electrons. The molecular weight excluding hydrogens is 813 g/mol. The fourth-order valence-electron chi connectivity index (χ4n) is 9.68. The van der Waals surface area contributed by atoms with E-state index in [1.165, 1.54) is 101 Å². The maximum atomic E-state index is 13.3. The summed E-state index contributed by atoms with van der Waals surface area (Å²) in [6, 6.07) is 19.3. The van der Waals surface area contributed by atoms with Crippen molar-refractivity contribution in [3.05, 3.63) is 114 Å². The molecule has 0 amide bonds. The fraction of sp³-hybridized carbons (Fsp3) is 0.633. The molecule has 4 rings (SSSR count). The molecule has 2 heterocycles. The minimum atomic E-state index is -0.558. The van der Waals surface area contributed by atoms with Crippen molar-refractivity contribution in [2.75, 3.05) is 26.2 Å². The molecule has 366 valence electrons. The van der Waals surface area contributed by atoms with Crippen LogP contribution >= 0.6 is 0 Å². The lowest BCUT2D eigenvalue weighted by Crippen LogP contribution is -2.43. The number of allylic oxidation sites excluding steroid dienone is 8. The molecule has 6 heteroatoms. The van der Waals surface area contributed by atoms with E-state index >= 15 is 0 Å². The van der Waals surface area contributed by atoms with Crippen LogP contribution in [0.1, 0.15) is 223 Å². The number of esters is 2. The second-order valence-corrected chi connectivity index (χ2v) is 19.3. The summed E-state index contributed by atoms with van der Waals surface area (Å²) in [7, 11) is 0. The molecule has 0 bridgehead atoms. The molecule has 2 aromatic carbocycles. The van der Waals surface area contributed by atoms with Gasteiger partial charge in [-0.3, -0.25) is 9.59 Å². The number of nitrogens with one attached hydrogen (secondary N) is 2. The maximum Gasteiger partial charge on any atom is 0.306 e. The Bertz CT molecular complexity index is 1680. The number of carbonyl (C=O) groups is 2. The van der Waals surface area contributed by atoms with Crippen LogP contribution in [0.5, 0.6) is 0 Å². The number of benzene rings is 2. The van der Waals surface area contributed by atoms with Crippen LogP contribution in [0, 0.1) is 0 Å². The molecule has 2 aliphatic heterocycles. The highest BCUT2D eigenvalue weighted by Crippen LogP contribution is 2.38. The average molecular weight is 905 g/mol. The third-order valence-electron chi connectivity index (χ3n) is 13.8. The highest BCUT2D eigenvalue weighted by Gasteiger charge is 2.39. The Hall–Kier alpha value is -3.74. The van der Waals surface area contributed by atoms with Crippen LogP contribution in [-0.2, 0) is 30.3 Å². The summed E-state index contributed by atoms with van der Waals surface area (Å²) in [5.74, 6) is -0.113. The lowest BCUT2D eigenvalue weighted by atomic mass is 9.83. The van der Waals surface area contributed by atoms with Gasteiger partial charge in [-0.15, -0.1) is 0 Å². The van der Waals surface area contributed by atoms with Gasteiger partial charge in [-0.1, -0.05) is 188 Å². The van der Waals surface area contributed by atoms with E-state index in [1.807, 2.05) is 18.2 Å². The molecular formula is C60H92N2O4. The topological polar surface area (TPSA) is 76.7 Å². The number of rotatable bonds is 35. The Morgan fingerprint density at radius 1 is 0.470 bits per heavy atom. The fourth-order valence-corrected chi connectivity index (χ4v) is 9.68. The highest BCUT2D eigenvalue weighted by atomic mass is 16.6. The average Bonchev–Trinajstić information content (AvgIpc) is 3.34. The van der Waals surface area contributed by atoms with Gasteiger partial charge in [-0.2, -0.15) is 0 Å². The van der Waals surface area contributed by atoms with Crippen LogP contribution in [0.4, 0.5) is 0 Å². The molecule has 0 aliphatic carbocycles. The highest BCUT2D eigenvalue weighted by molar-refractivity contribution is 5.71. The standard InChI is InChI=1S/C60H92N2O4/c1-3-5-7-9-11-12-13-14-15-16-17-18-19-21-26-33-40-58(64)66-60(47-51-62-52-48-60)56-43-41-54(42-44-56)53(35-29-24-20-10-8-6-4-2)36-30-25-22-23-27-34-39-57(63)65-59(45-49-61-50-46-59)55-37-31-28-32-38-55/h11-12,14-15,20,24,28,31-32,35,37-38,41-44,61-62H,3-10,13,16-19,21-23,25-27,29-30,33-34,36,39-40,45-52H2,1-2H3/b12-11+,15-14-,24-20+,53-35+. The van der Waals surface area contributed by atoms with E-state index in [2.05, 4.69) is 103 Å². The van der Waals surface area contributed by atoms with Gasteiger partial charge in [0.2, 0.25) is 0 Å². The molecule has 0 spiro atoms. The van der Waals surface area contributed by atoms with Crippen molar-refractivity contribution in [3.8, 4) is 0 Å². The molecule has 2 N–H and O–H groups in total. The van der Waals surface area contributed by atoms with Gasteiger partial charge >= 0.3 is 11.9 Å². The Balaban J connectivity index is 1.19. The predicted octanol–water partition coefficient (Wildman–Crippen LogP) is 15.9. The van der Waals surface area contributed by atoms with Crippen molar-refractivity contribution in [2.24, 2.45) is 0 Å². The van der Waals surface area contributed by atoms with Gasteiger partial charge in [0.1, 0.15) is 11.2 Å². The first-order valence-electron chi connectivity index (χ1n) is 27.2. The van der Waals surface area contributed by atoms with Gasteiger partial charge in [0.15, 0.2) is 0 Å². The van der Waals surface area contributed by atoms with Gasteiger partial charge < -0.3 is 20.1 Å². The first-order chi connectivity index (χ1) is 32.5. The van der Waals surface area contributed by atoms with Crippen LogP contribution in [0.2, 0.25) is 0 Å². The van der Waals surface area contributed by atoms with Gasteiger partial charge in [0.25, 0.3) is 0 Å². The smallest absolute Gasteiger partial charge is 0.306 e. The van der Waals surface area contributed by atoms with Gasteiger partial charge in [0, 0.05) is 38.5 Å². The van der Waals surface area contributed by atoms with Crippen LogP contribution < -0.4 is 10.6 Å². The van der Waals surface area contributed by atoms with Crippen LogP contribution in [0.3, 0.4) is 0 Å². The normalized spacial score (nSPS) is 16.4. The molecule has 2 fully saturated rings. The van der Waals surface area contributed by atoms with Crippen LogP contribution in [0.15, 0.2) is 97.1 Å². The number of unbranched alkanes of at least 4 members (excludes halogenated alkanes) is 17. The van der Waals surface area contributed by atoms with Crippen LogP contribution in [0.25, 0.3) is 5.57 Å². The molecule has 66 heavy (non-hydrogen) atoms. The Morgan fingerprint density at radius 3 is 1.36 bits per heavy atom. The van der Waals surface area contributed by atoms with Gasteiger partial charge in [-0.25, -0.2) is 0 Å². The number of hydrogen-bond acceptors (Lipinski definition) is 6. The minimum Gasteiger partial charge on any atom is -0.454 e. The van der Waals surface area contributed by atoms with Gasteiger partial charge in [0.05, 0.1) is 0 Å². The lowest BCUT2D eigenvalue weighted by molar-refractivity contribution is -0.165. The number of carbonyl (C=O) groups excluding carboxylic acids is 2. The van der Waals surface area contributed by atoms with Crippen molar-refractivity contribution in [3.63, 3.8) is 0 Å². The van der Waals surface area contributed by atoms with E-state index in [1.54, 1.807) is 0 Å².